The Balaban J connectivity index is 2.16. The molecule has 0 radical (unpaired) electrons. The predicted octanol–water partition coefficient (Wildman–Crippen LogP) is 1.81. The summed E-state index contributed by atoms with van der Waals surface area (Å²) in [5, 5.41) is 0. The van der Waals surface area contributed by atoms with Crippen LogP contribution in [0.3, 0.4) is 0 Å². The van der Waals surface area contributed by atoms with Gasteiger partial charge in [-0.05, 0) is 32.0 Å². The van der Waals surface area contributed by atoms with Crippen LogP contribution in [0.1, 0.15) is 44.0 Å². The van der Waals surface area contributed by atoms with Gasteiger partial charge in [0.25, 0.3) is 5.91 Å². The fourth-order valence-electron chi connectivity index (χ4n) is 2.91. The van der Waals surface area contributed by atoms with Gasteiger partial charge in [0.2, 0.25) is 5.91 Å². The smallest absolute Gasteiger partial charge is 0.307 e. The van der Waals surface area contributed by atoms with Crippen LogP contribution >= 0.6 is 0 Å². The van der Waals surface area contributed by atoms with Gasteiger partial charge in [-0.1, -0.05) is 6.92 Å². The Hall–Kier alpha value is -2.90. The van der Waals surface area contributed by atoms with Gasteiger partial charge >= 0.3 is 5.97 Å². The number of Topliss-reactive ketones (excluding diaryl/α,β-unsaturated/α-hetero) is 1. The number of amides is 2. The zero-order chi connectivity index (χ0) is 20.7. The number of hydrogen-bond donors (Lipinski definition) is 0. The molecule has 0 fully saturated rings. The highest BCUT2D eigenvalue weighted by Crippen LogP contribution is 2.33. The first kappa shape index (κ1) is 21.4. The van der Waals surface area contributed by atoms with Crippen LogP contribution in [0.25, 0.3) is 0 Å². The van der Waals surface area contributed by atoms with Gasteiger partial charge in [-0.25, -0.2) is 0 Å². The van der Waals surface area contributed by atoms with E-state index >= 15 is 0 Å². The van der Waals surface area contributed by atoms with Crippen molar-refractivity contribution in [2.75, 3.05) is 37.7 Å². The minimum absolute atomic E-state index is 0.0586. The Bertz CT molecular complexity index is 761. The van der Waals surface area contributed by atoms with E-state index in [9.17, 15) is 19.2 Å². The zero-order valence-corrected chi connectivity index (χ0v) is 16.5. The second-order valence-electron chi connectivity index (χ2n) is 6.26. The number of fused-ring (bicyclic) bond motifs is 1. The summed E-state index contributed by atoms with van der Waals surface area (Å²) in [6, 6.07) is 4.87. The first-order valence-corrected chi connectivity index (χ1v) is 9.45. The minimum atomic E-state index is -0.371. The number of benzene rings is 1. The average Bonchev–Trinajstić information content (AvgIpc) is 2.69. The van der Waals surface area contributed by atoms with Crippen LogP contribution in [-0.4, -0.2) is 61.3 Å². The molecule has 0 atom stereocenters. The summed E-state index contributed by atoms with van der Waals surface area (Å²) in [7, 11) is 0. The number of hydrogen-bond acceptors (Lipinski definition) is 6. The third-order valence-corrected chi connectivity index (χ3v) is 4.46. The van der Waals surface area contributed by atoms with Crippen molar-refractivity contribution in [1.29, 1.82) is 0 Å². The Morgan fingerprint density at radius 3 is 2.61 bits per heavy atom. The van der Waals surface area contributed by atoms with Gasteiger partial charge in [-0.15, -0.1) is 0 Å². The van der Waals surface area contributed by atoms with Crippen molar-refractivity contribution < 1.29 is 28.7 Å². The SMILES string of the molecule is CCOC(=O)CCN(CC)C(=O)CN1C(=O)COc2ccc(C(=O)CC)cc21. The largest absolute Gasteiger partial charge is 0.482 e. The number of rotatable bonds is 9. The molecule has 0 spiro atoms. The van der Waals surface area contributed by atoms with E-state index in [4.69, 9.17) is 9.47 Å². The molecule has 2 amide bonds. The second-order valence-corrected chi connectivity index (χ2v) is 6.26. The summed E-state index contributed by atoms with van der Waals surface area (Å²) in [5.74, 6) is -0.626. The number of ether oxygens (including phenoxy) is 2. The fourth-order valence-corrected chi connectivity index (χ4v) is 2.91. The van der Waals surface area contributed by atoms with Gasteiger partial charge in [0.15, 0.2) is 12.4 Å². The van der Waals surface area contributed by atoms with Crippen molar-refractivity contribution in [3.8, 4) is 5.75 Å². The van der Waals surface area contributed by atoms with Crippen molar-refractivity contribution in [3.63, 3.8) is 0 Å². The summed E-state index contributed by atoms with van der Waals surface area (Å²) in [6.45, 7) is 5.83. The van der Waals surface area contributed by atoms with E-state index in [1.807, 2.05) is 0 Å². The highest BCUT2D eigenvalue weighted by molar-refractivity contribution is 6.04. The number of ketones is 1. The molecule has 0 unspecified atom stereocenters. The maximum Gasteiger partial charge on any atom is 0.307 e. The third-order valence-electron chi connectivity index (χ3n) is 4.46. The van der Waals surface area contributed by atoms with Crippen molar-refractivity contribution in [2.24, 2.45) is 0 Å². The monoisotopic (exact) mass is 390 g/mol. The number of likely N-dealkylation sites (N-methyl/N-ethyl adjacent to an activating group) is 1. The van der Waals surface area contributed by atoms with E-state index in [0.29, 0.717) is 30.0 Å². The van der Waals surface area contributed by atoms with E-state index in [1.165, 1.54) is 9.80 Å². The molecule has 1 aromatic carbocycles. The van der Waals surface area contributed by atoms with Crippen molar-refractivity contribution >= 4 is 29.3 Å². The zero-order valence-electron chi connectivity index (χ0n) is 16.5. The molecule has 0 saturated carbocycles. The summed E-state index contributed by atoms with van der Waals surface area (Å²) in [5.41, 5.74) is 0.872. The molecular weight excluding hydrogens is 364 g/mol. The van der Waals surface area contributed by atoms with E-state index in [0.717, 1.165) is 0 Å². The topological polar surface area (TPSA) is 93.2 Å². The first-order chi connectivity index (χ1) is 13.4. The lowest BCUT2D eigenvalue weighted by molar-refractivity contribution is -0.144. The van der Waals surface area contributed by atoms with Gasteiger partial charge in [0.05, 0.1) is 18.7 Å². The molecule has 0 N–H and O–H groups in total. The Labute approximate surface area is 164 Å². The van der Waals surface area contributed by atoms with E-state index < -0.39 is 0 Å². The van der Waals surface area contributed by atoms with Gasteiger partial charge in [0, 0.05) is 25.1 Å². The van der Waals surface area contributed by atoms with Crippen LogP contribution in [0.4, 0.5) is 5.69 Å². The number of anilines is 1. The molecule has 0 saturated heterocycles. The molecule has 8 nitrogen and oxygen atoms in total. The number of carbonyl (C=O) groups excluding carboxylic acids is 4. The van der Waals surface area contributed by atoms with Crippen LogP contribution in [0.2, 0.25) is 0 Å². The highest BCUT2D eigenvalue weighted by atomic mass is 16.5. The van der Waals surface area contributed by atoms with Crippen LogP contribution in [0, 0.1) is 0 Å². The van der Waals surface area contributed by atoms with Crippen LogP contribution in [0.15, 0.2) is 18.2 Å². The molecule has 0 aromatic heterocycles. The quantitative estimate of drug-likeness (QED) is 0.472. The molecule has 1 aliphatic heterocycles. The molecular formula is C20H26N2O6. The van der Waals surface area contributed by atoms with Crippen LogP contribution in [-0.2, 0) is 19.1 Å². The summed E-state index contributed by atoms with van der Waals surface area (Å²) in [4.78, 5) is 51.5. The molecule has 0 aliphatic carbocycles. The van der Waals surface area contributed by atoms with E-state index in [-0.39, 0.29) is 56.3 Å². The Morgan fingerprint density at radius 1 is 1.21 bits per heavy atom. The van der Waals surface area contributed by atoms with Crippen molar-refractivity contribution in [2.45, 2.75) is 33.6 Å². The summed E-state index contributed by atoms with van der Waals surface area (Å²) < 4.78 is 10.3. The van der Waals surface area contributed by atoms with Gasteiger partial charge in [0.1, 0.15) is 12.3 Å². The van der Waals surface area contributed by atoms with E-state index in [2.05, 4.69) is 0 Å². The summed E-state index contributed by atoms with van der Waals surface area (Å²) in [6.07, 6.45) is 0.431. The maximum atomic E-state index is 12.7. The number of carbonyl (C=O) groups is 4. The van der Waals surface area contributed by atoms with Gasteiger partial charge in [-0.3, -0.25) is 24.1 Å². The van der Waals surface area contributed by atoms with Gasteiger partial charge < -0.3 is 14.4 Å². The molecule has 0 bridgehead atoms. The molecule has 8 heteroatoms. The average molecular weight is 390 g/mol. The van der Waals surface area contributed by atoms with Crippen LogP contribution in [0.5, 0.6) is 5.75 Å². The standard InChI is InChI=1S/C20H26N2O6/c1-4-16(23)14-7-8-17-15(11-14)22(19(25)13-28-17)12-18(24)21(5-2)10-9-20(26)27-6-3/h7-8,11H,4-6,9-10,12-13H2,1-3H3. The predicted molar refractivity (Wildman–Crippen MR) is 102 cm³/mol. The number of nitrogens with zero attached hydrogens (tertiary/aromatic N) is 2. The molecule has 2 rings (SSSR count). The first-order valence-electron chi connectivity index (χ1n) is 9.45. The molecule has 28 heavy (non-hydrogen) atoms. The Morgan fingerprint density at radius 2 is 1.96 bits per heavy atom. The highest BCUT2D eigenvalue weighted by Gasteiger charge is 2.29. The lowest BCUT2D eigenvalue weighted by Crippen LogP contribution is -2.47. The number of esters is 1. The second kappa shape index (κ2) is 9.87. The molecule has 1 heterocycles. The molecule has 1 aliphatic rings. The Kier molecular flexibility index (Phi) is 7.54. The fraction of sp³-hybridized carbons (Fsp3) is 0.500. The lowest BCUT2D eigenvalue weighted by Gasteiger charge is -2.31. The summed E-state index contributed by atoms with van der Waals surface area (Å²) >= 11 is 0. The van der Waals surface area contributed by atoms with Crippen molar-refractivity contribution in [1.82, 2.24) is 4.90 Å². The maximum absolute atomic E-state index is 12.7. The van der Waals surface area contributed by atoms with E-state index in [1.54, 1.807) is 39.0 Å². The molecule has 1 aromatic rings. The van der Waals surface area contributed by atoms with Crippen molar-refractivity contribution in [3.05, 3.63) is 23.8 Å². The normalized spacial score (nSPS) is 12.8. The third kappa shape index (κ3) is 5.09. The lowest BCUT2D eigenvalue weighted by atomic mass is 10.1. The minimum Gasteiger partial charge on any atom is -0.482 e. The van der Waals surface area contributed by atoms with Gasteiger partial charge in [-0.2, -0.15) is 0 Å². The molecule has 152 valence electrons. The van der Waals surface area contributed by atoms with Crippen LogP contribution < -0.4 is 9.64 Å².